The maximum atomic E-state index is 12.4. The molecule has 0 aliphatic carbocycles. The highest BCUT2D eigenvalue weighted by Crippen LogP contribution is 2.20. The van der Waals surface area contributed by atoms with Crippen LogP contribution in [-0.2, 0) is 13.0 Å². The minimum Gasteiger partial charge on any atom is -0.489 e. The quantitative estimate of drug-likeness (QED) is 0.464. The van der Waals surface area contributed by atoms with E-state index in [0.717, 1.165) is 29.0 Å². The predicted octanol–water partition coefficient (Wildman–Crippen LogP) is 5.94. The topological polar surface area (TPSA) is 38.3 Å². The van der Waals surface area contributed by atoms with Gasteiger partial charge in [0.2, 0.25) is 0 Å². The molecule has 0 heterocycles. The van der Waals surface area contributed by atoms with Gasteiger partial charge in [-0.2, -0.15) is 0 Å². The summed E-state index contributed by atoms with van der Waals surface area (Å²) >= 11 is 12.3. The number of carbonyl (C=O) groups excluding carboxylic acids is 1. The summed E-state index contributed by atoms with van der Waals surface area (Å²) in [6.07, 6.45) is 1.64. The highest BCUT2D eigenvalue weighted by atomic mass is 35.5. The molecule has 0 atom stereocenters. The van der Waals surface area contributed by atoms with Crippen molar-refractivity contribution in [2.45, 2.75) is 19.4 Å². The number of amides is 1. The fraction of sp³-hybridized carbons (Fsp3) is 0.174. The van der Waals surface area contributed by atoms with Gasteiger partial charge in [0.05, 0.1) is 0 Å². The van der Waals surface area contributed by atoms with Gasteiger partial charge in [-0.25, -0.2) is 0 Å². The van der Waals surface area contributed by atoms with Crippen LogP contribution in [-0.4, -0.2) is 12.5 Å². The summed E-state index contributed by atoms with van der Waals surface area (Å²) < 4.78 is 5.78. The average molecular weight is 414 g/mol. The normalized spacial score (nSPS) is 10.5. The van der Waals surface area contributed by atoms with Crippen LogP contribution < -0.4 is 10.1 Å². The van der Waals surface area contributed by atoms with E-state index in [1.165, 1.54) is 0 Å². The molecule has 1 N–H and O–H groups in total. The second-order valence-corrected chi connectivity index (χ2v) is 7.17. The molecule has 0 saturated heterocycles. The summed E-state index contributed by atoms with van der Waals surface area (Å²) in [6.45, 7) is 0.928. The molecule has 144 valence electrons. The van der Waals surface area contributed by atoms with Crippen LogP contribution in [0.25, 0.3) is 0 Å². The molecular formula is C23H21Cl2NO2. The fourth-order valence-corrected chi connectivity index (χ4v) is 3.21. The van der Waals surface area contributed by atoms with Gasteiger partial charge in [0.25, 0.3) is 5.91 Å². The largest absolute Gasteiger partial charge is 0.489 e. The van der Waals surface area contributed by atoms with Crippen molar-refractivity contribution in [2.75, 3.05) is 6.54 Å². The van der Waals surface area contributed by atoms with Crippen molar-refractivity contribution >= 4 is 29.1 Å². The number of nitrogens with one attached hydrogen (secondary N) is 1. The second kappa shape index (κ2) is 10.2. The van der Waals surface area contributed by atoms with Crippen LogP contribution in [0.1, 0.15) is 27.9 Å². The van der Waals surface area contributed by atoms with Gasteiger partial charge in [0, 0.05) is 27.7 Å². The Morgan fingerprint density at radius 3 is 2.25 bits per heavy atom. The molecule has 0 aromatic heterocycles. The van der Waals surface area contributed by atoms with Crippen molar-refractivity contribution in [3.63, 3.8) is 0 Å². The Balaban J connectivity index is 1.49. The van der Waals surface area contributed by atoms with Gasteiger partial charge >= 0.3 is 0 Å². The monoisotopic (exact) mass is 413 g/mol. The van der Waals surface area contributed by atoms with Crippen molar-refractivity contribution in [3.8, 4) is 5.75 Å². The van der Waals surface area contributed by atoms with E-state index < -0.39 is 0 Å². The first kappa shape index (κ1) is 20.2. The van der Waals surface area contributed by atoms with Crippen LogP contribution in [0.2, 0.25) is 10.0 Å². The first-order valence-corrected chi connectivity index (χ1v) is 9.87. The number of halogens is 2. The lowest BCUT2D eigenvalue weighted by molar-refractivity contribution is 0.0952. The molecule has 0 fully saturated rings. The molecule has 0 aliphatic heterocycles. The van der Waals surface area contributed by atoms with Gasteiger partial charge in [-0.15, -0.1) is 0 Å². The van der Waals surface area contributed by atoms with Gasteiger partial charge in [-0.05, 0) is 48.7 Å². The lowest BCUT2D eigenvalue weighted by Crippen LogP contribution is -2.24. The van der Waals surface area contributed by atoms with Crippen LogP contribution in [0.4, 0.5) is 0 Å². The number of rotatable bonds is 8. The fourth-order valence-electron chi connectivity index (χ4n) is 2.79. The molecule has 1 amide bonds. The van der Waals surface area contributed by atoms with Crippen LogP contribution in [0.15, 0.2) is 72.8 Å². The zero-order valence-corrected chi connectivity index (χ0v) is 16.8. The Kier molecular flexibility index (Phi) is 7.35. The Hall–Kier alpha value is -2.49. The highest BCUT2D eigenvalue weighted by Gasteiger charge is 2.07. The van der Waals surface area contributed by atoms with E-state index in [1.54, 1.807) is 18.2 Å². The second-order valence-electron chi connectivity index (χ2n) is 6.36. The van der Waals surface area contributed by atoms with E-state index in [1.807, 2.05) is 54.6 Å². The Labute approximate surface area is 175 Å². The van der Waals surface area contributed by atoms with E-state index in [0.29, 0.717) is 29.5 Å². The van der Waals surface area contributed by atoms with Crippen molar-refractivity contribution in [1.82, 2.24) is 5.32 Å². The lowest BCUT2D eigenvalue weighted by atomic mass is 10.1. The molecule has 3 nitrogen and oxygen atoms in total. The van der Waals surface area contributed by atoms with Crippen LogP contribution in [0.5, 0.6) is 5.75 Å². The minimum absolute atomic E-state index is 0.123. The van der Waals surface area contributed by atoms with E-state index in [9.17, 15) is 4.79 Å². The van der Waals surface area contributed by atoms with E-state index >= 15 is 0 Å². The number of carbonyl (C=O) groups is 1. The number of hydrogen-bond donors (Lipinski definition) is 1. The third kappa shape index (κ3) is 5.75. The minimum atomic E-state index is -0.123. The van der Waals surface area contributed by atoms with E-state index in [4.69, 9.17) is 27.9 Å². The Morgan fingerprint density at radius 2 is 1.54 bits per heavy atom. The van der Waals surface area contributed by atoms with Crippen molar-refractivity contribution < 1.29 is 9.53 Å². The Bertz CT molecular complexity index is 943. The van der Waals surface area contributed by atoms with Crippen molar-refractivity contribution in [3.05, 3.63) is 99.5 Å². The average Bonchev–Trinajstić information content (AvgIpc) is 2.72. The molecule has 0 radical (unpaired) electrons. The molecule has 5 heteroatoms. The SMILES string of the molecule is O=C(NCCCc1ccccc1Cl)c1cccc(OCc2ccccc2Cl)c1. The van der Waals surface area contributed by atoms with E-state index in [-0.39, 0.29) is 5.91 Å². The van der Waals surface area contributed by atoms with Gasteiger partial charge in [-0.1, -0.05) is 65.7 Å². The summed E-state index contributed by atoms with van der Waals surface area (Å²) in [5, 5.41) is 4.36. The molecule has 0 bridgehead atoms. The molecule has 0 aliphatic rings. The smallest absolute Gasteiger partial charge is 0.251 e. The molecule has 0 saturated carbocycles. The lowest BCUT2D eigenvalue weighted by Gasteiger charge is -2.10. The maximum Gasteiger partial charge on any atom is 0.251 e. The van der Waals surface area contributed by atoms with Gasteiger partial charge < -0.3 is 10.1 Å². The standard InChI is InChI=1S/C23H21Cl2NO2/c24-21-12-3-1-7-17(21)10-6-14-26-23(27)18-9-5-11-20(15-18)28-16-19-8-2-4-13-22(19)25/h1-5,7-9,11-13,15H,6,10,14,16H2,(H,26,27). The van der Waals surface area contributed by atoms with Crippen molar-refractivity contribution in [1.29, 1.82) is 0 Å². The summed E-state index contributed by atoms with van der Waals surface area (Å²) in [4.78, 5) is 12.4. The maximum absolute atomic E-state index is 12.4. The molecule has 0 unspecified atom stereocenters. The number of aryl methyl sites for hydroxylation is 1. The van der Waals surface area contributed by atoms with Gasteiger partial charge in [-0.3, -0.25) is 4.79 Å². The molecule has 28 heavy (non-hydrogen) atoms. The molecule has 3 rings (SSSR count). The van der Waals surface area contributed by atoms with Crippen molar-refractivity contribution in [2.24, 2.45) is 0 Å². The van der Waals surface area contributed by atoms with Crippen LogP contribution in [0, 0.1) is 0 Å². The highest BCUT2D eigenvalue weighted by molar-refractivity contribution is 6.31. The number of hydrogen-bond acceptors (Lipinski definition) is 2. The molecule has 0 spiro atoms. The molecule has 3 aromatic rings. The molecule has 3 aromatic carbocycles. The summed E-state index contributed by atoms with van der Waals surface area (Å²) in [6, 6.07) is 22.4. The first-order chi connectivity index (χ1) is 13.6. The summed E-state index contributed by atoms with van der Waals surface area (Å²) in [5.74, 6) is 0.506. The Morgan fingerprint density at radius 1 is 0.857 bits per heavy atom. The zero-order valence-electron chi connectivity index (χ0n) is 15.3. The number of benzene rings is 3. The summed E-state index contributed by atoms with van der Waals surface area (Å²) in [5.41, 5.74) is 2.56. The van der Waals surface area contributed by atoms with Crippen LogP contribution >= 0.6 is 23.2 Å². The summed E-state index contributed by atoms with van der Waals surface area (Å²) in [7, 11) is 0. The van der Waals surface area contributed by atoms with Gasteiger partial charge in [0.1, 0.15) is 12.4 Å². The third-order valence-corrected chi connectivity index (χ3v) is 5.05. The first-order valence-electron chi connectivity index (χ1n) is 9.11. The zero-order chi connectivity index (χ0) is 19.8. The number of ether oxygens (including phenoxy) is 1. The van der Waals surface area contributed by atoms with Gasteiger partial charge in [0.15, 0.2) is 0 Å². The van der Waals surface area contributed by atoms with E-state index in [2.05, 4.69) is 5.32 Å². The predicted molar refractivity (Wildman–Crippen MR) is 114 cm³/mol. The third-order valence-electron chi connectivity index (χ3n) is 4.31. The van der Waals surface area contributed by atoms with Crippen LogP contribution in [0.3, 0.4) is 0 Å². The molecular weight excluding hydrogens is 393 g/mol.